The Hall–Kier alpha value is -1.48. The standard InChI is InChI=1S/C12H13NOS/c1-8-3-4-11(14-2)10(5-8)9-6-12(13)15-7-9/h3-7H,13H2,1-2H3. The monoisotopic (exact) mass is 219 g/mol. The summed E-state index contributed by atoms with van der Waals surface area (Å²) in [6.07, 6.45) is 0. The highest BCUT2D eigenvalue weighted by Gasteiger charge is 2.07. The molecule has 78 valence electrons. The number of hydrogen-bond acceptors (Lipinski definition) is 3. The summed E-state index contributed by atoms with van der Waals surface area (Å²) in [5.74, 6) is 0.887. The predicted molar refractivity (Wildman–Crippen MR) is 65.5 cm³/mol. The van der Waals surface area contributed by atoms with Crippen LogP contribution in [-0.4, -0.2) is 7.11 Å². The fourth-order valence-electron chi connectivity index (χ4n) is 1.54. The van der Waals surface area contributed by atoms with E-state index in [1.807, 2.05) is 23.6 Å². The molecule has 1 aromatic carbocycles. The number of nitrogen functional groups attached to an aromatic ring is 1. The fourth-order valence-corrected chi connectivity index (χ4v) is 2.19. The molecule has 2 nitrogen and oxygen atoms in total. The van der Waals surface area contributed by atoms with Gasteiger partial charge in [-0.1, -0.05) is 11.6 Å². The van der Waals surface area contributed by atoms with Gasteiger partial charge in [0.15, 0.2) is 0 Å². The molecule has 2 N–H and O–H groups in total. The van der Waals surface area contributed by atoms with E-state index < -0.39 is 0 Å². The van der Waals surface area contributed by atoms with Crippen molar-refractivity contribution in [3.63, 3.8) is 0 Å². The molecule has 0 aliphatic heterocycles. The number of anilines is 1. The lowest BCUT2D eigenvalue weighted by Crippen LogP contribution is -1.87. The smallest absolute Gasteiger partial charge is 0.126 e. The minimum absolute atomic E-state index is 0.827. The second-order valence-corrected chi connectivity index (χ2v) is 4.38. The van der Waals surface area contributed by atoms with Gasteiger partial charge in [0.1, 0.15) is 5.75 Å². The molecule has 2 rings (SSSR count). The minimum Gasteiger partial charge on any atom is -0.496 e. The highest BCUT2D eigenvalue weighted by molar-refractivity contribution is 7.14. The number of aryl methyl sites for hydroxylation is 1. The van der Waals surface area contributed by atoms with Gasteiger partial charge in [0.2, 0.25) is 0 Å². The zero-order chi connectivity index (χ0) is 10.8. The molecule has 0 aliphatic carbocycles. The maximum atomic E-state index is 5.72. The van der Waals surface area contributed by atoms with Gasteiger partial charge in [-0.15, -0.1) is 11.3 Å². The summed E-state index contributed by atoms with van der Waals surface area (Å²) in [5, 5.41) is 2.88. The Bertz CT molecular complexity index is 476. The number of methoxy groups -OCH3 is 1. The lowest BCUT2D eigenvalue weighted by molar-refractivity contribution is 0.416. The third kappa shape index (κ3) is 1.97. The van der Waals surface area contributed by atoms with Gasteiger partial charge in [0.05, 0.1) is 12.1 Å². The van der Waals surface area contributed by atoms with Crippen LogP contribution in [0.15, 0.2) is 29.6 Å². The third-order valence-corrected chi connectivity index (χ3v) is 3.05. The van der Waals surface area contributed by atoms with E-state index in [0.29, 0.717) is 0 Å². The lowest BCUT2D eigenvalue weighted by atomic mass is 10.1. The van der Waals surface area contributed by atoms with Crippen molar-refractivity contribution in [3.05, 3.63) is 35.2 Å². The molecule has 2 aromatic rings. The van der Waals surface area contributed by atoms with Crippen LogP contribution in [-0.2, 0) is 0 Å². The van der Waals surface area contributed by atoms with E-state index in [9.17, 15) is 0 Å². The van der Waals surface area contributed by atoms with Gasteiger partial charge in [0.25, 0.3) is 0 Å². The first-order valence-electron chi connectivity index (χ1n) is 4.69. The molecule has 0 saturated carbocycles. The maximum Gasteiger partial charge on any atom is 0.126 e. The highest BCUT2D eigenvalue weighted by Crippen LogP contribution is 2.34. The molecule has 0 spiro atoms. The number of hydrogen-bond donors (Lipinski definition) is 1. The average molecular weight is 219 g/mol. The molecule has 0 unspecified atom stereocenters. The van der Waals surface area contributed by atoms with Crippen molar-refractivity contribution in [1.82, 2.24) is 0 Å². The first-order valence-corrected chi connectivity index (χ1v) is 5.57. The molecule has 0 amide bonds. The van der Waals surface area contributed by atoms with Crippen LogP contribution < -0.4 is 10.5 Å². The Balaban J connectivity index is 2.55. The summed E-state index contributed by atoms with van der Waals surface area (Å²) in [4.78, 5) is 0. The average Bonchev–Trinajstić information content (AvgIpc) is 2.65. The van der Waals surface area contributed by atoms with Gasteiger partial charge in [-0.3, -0.25) is 0 Å². The Kier molecular flexibility index (Phi) is 2.64. The van der Waals surface area contributed by atoms with Crippen LogP contribution in [0.1, 0.15) is 5.56 Å². The van der Waals surface area contributed by atoms with Crippen LogP contribution in [0.4, 0.5) is 5.00 Å². The van der Waals surface area contributed by atoms with Crippen LogP contribution in [0, 0.1) is 6.92 Å². The Morgan fingerprint density at radius 1 is 1.27 bits per heavy atom. The van der Waals surface area contributed by atoms with E-state index in [4.69, 9.17) is 10.5 Å². The van der Waals surface area contributed by atoms with E-state index in [1.165, 1.54) is 5.56 Å². The van der Waals surface area contributed by atoms with E-state index in [1.54, 1.807) is 18.4 Å². The van der Waals surface area contributed by atoms with Gasteiger partial charge in [-0.25, -0.2) is 0 Å². The van der Waals surface area contributed by atoms with E-state index in [-0.39, 0.29) is 0 Å². The van der Waals surface area contributed by atoms with E-state index in [2.05, 4.69) is 13.0 Å². The number of thiophene rings is 1. The minimum atomic E-state index is 0.827. The van der Waals surface area contributed by atoms with Crippen LogP contribution in [0.2, 0.25) is 0 Å². The maximum absolute atomic E-state index is 5.72. The van der Waals surface area contributed by atoms with Gasteiger partial charge in [-0.05, 0) is 30.7 Å². The van der Waals surface area contributed by atoms with Crippen LogP contribution in [0.5, 0.6) is 5.75 Å². The third-order valence-electron chi connectivity index (χ3n) is 2.29. The van der Waals surface area contributed by atoms with Gasteiger partial charge in [-0.2, -0.15) is 0 Å². The van der Waals surface area contributed by atoms with Crippen LogP contribution in [0.3, 0.4) is 0 Å². The summed E-state index contributed by atoms with van der Waals surface area (Å²) in [6.45, 7) is 2.07. The molecule has 3 heteroatoms. The highest BCUT2D eigenvalue weighted by atomic mass is 32.1. The van der Waals surface area contributed by atoms with E-state index in [0.717, 1.165) is 21.9 Å². The molecule has 15 heavy (non-hydrogen) atoms. The Morgan fingerprint density at radius 3 is 2.67 bits per heavy atom. The summed E-state index contributed by atoms with van der Waals surface area (Å²) < 4.78 is 5.33. The fraction of sp³-hybridized carbons (Fsp3) is 0.167. The Morgan fingerprint density at radius 2 is 2.07 bits per heavy atom. The Labute approximate surface area is 93.3 Å². The summed E-state index contributed by atoms with van der Waals surface area (Å²) in [5.41, 5.74) is 9.17. The van der Waals surface area contributed by atoms with Crippen molar-refractivity contribution in [2.45, 2.75) is 6.92 Å². The number of benzene rings is 1. The van der Waals surface area contributed by atoms with Gasteiger partial charge >= 0.3 is 0 Å². The summed E-state index contributed by atoms with van der Waals surface area (Å²) in [6, 6.07) is 8.11. The predicted octanol–water partition coefficient (Wildman–Crippen LogP) is 3.31. The second kappa shape index (κ2) is 3.95. The SMILES string of the molecule is COc1ccc(C)cc1-c1csc(N)c1. The molecule has 0 saturated heterocycles. The van der Waals surface area contributed by atoms with Gasteiger partial charge in [0, 0.05) is 10.9 Å². The quantitative estimate of drug-likeness (QED) is 0.841. The number of nitrogens with two attached hydrogens (primary N) is 1. The van der Waals surface area contributed by atoms with Crippen molar-refractivity contribution in [2.24, 2.45) is 0 Å². The molecule has 1 aromatic heterocycles. The van der Waals surface area contributed by atoms with Gasteiger partial charge < -0.3 is 10.5 Å². The second-order valence-electron chi connectivity index (χ2n) is 3.44. The molecule has 0 aliphatic rings. The topological polar surface area (TPSA) is 35.2 Å². The van der Waals surface area contributed by atoms with Crippen molar-refractivity contribution in [1.29, 1.82) is 0 Å². The van der Waals surface area contributed by atoms with Crippen molar-refractivity contribution in [2.75, 3.05) is 12.8 Å². The van der Waals surface area contributed by atoms with Crippen molar-refractivity contribution in [3.8, 4) is 16.9 Å². The first-order chi connectivity index (χ1) is 7.20. The molecular formula is C12H13NOS. The molecule has 0 radical (unpaired) electrons. The normalized spacial score (nSPS) is 10.3. The zero-order valence-corrected chi connectivity index (χ0v) is 9.60. The lowest BCUT2D eigenvalue weighted by Gasteiger charge is -2.07. The molecule has 0 fully saturated rings. The molecule has 0 bridgehead atoms. The molecule has 0 atom stereocenters. The molecular weight excluding hydrogens is 206 g/mol. The van der Waals surface area contributed by atoms with E-state index >= 15 is 0 Å². The zero-order valence-electron chi connectivity index (χ0n) is 8.78. The van der Waals surface area contributed by atoms with Crippen LogP contribution in [0.25, 0.3) is 11.1 Å². The van der Waals surface area contributed by atoms with Crippen LogP contribution >= 0.6 is 11.3 Å². The number of rotatable bonds is 2. The largest absolute Gasteiger partial charge is 0.496 e. The summed E-state index contributed by atoms with van der Waals surface area (Å²) in [7, 11) is 1.68. The molecule has 1 heterocycles. The summed E-state index contributed by atoms with van der Waals surface area (Å²) >= 11 is 1.55. The first kappa shape index (κ1) is 10.1. The van der Waals surface area contributed by atoms with Crippen molar-refractivity contribution < 1.29 is 4.74 Å². The van der Waals surface area contributed by atoms with Crippen molar-refractivity contribution >= 4 is 16.3 Å². The number of ether oxygens (including phenoxy) is 1.